The van der Waals surface area contributed by atoms with Crippen LogP contribution >= 0.6 is 0 Å². The molecule has 94 valence electrons. The Morgan fingerprint density at radius 1 is 1.29 bits per heavy atom. The van der Waals surface area contributed by atoms with Crippen LogP contribution in [0.1, 0.15) is 10.4 Å². The van der Waals surface area contributed by atoms with E-state index in [1.807, 2.05) is 0 Å². The fraction of sp³-hybridized carbons (Fsp3) is 0.300. The van der Waals surface area contributed by atoms with Crippen molar-refractivity contribution < 1.29 is 18.3 Å². The Kier molecular flexibility index (Phi) is 3.62. The Balaban J connectivity index is 3.15. The number of phenolic OH excluding ortho intramolecular Hbond substituents is 1. The molecule has 0 fully saturated rings. The monoisotopic (exact) mass is 258 g/mol. The maximum absolute atomic E-state index is 11.7. The lowest BCUT2D eigenvalue weighted by molar-refractivity contribution is 0.0827. The van der Waals surface area contributed by atoms with Crippen molar-refractivity contribution in [3.8, 4) is 5.75 Å². The van der Waals surface area contributed by atoms with Crippen LogP contribution in [0, 0.1) is 0 Å². The van der Waals surface area contributed by atoms with Gasteiger partial charge in [0.1, 0.15) is 5.75 Å². The van der Waals surface area contributed by atoms with Crippen molar-refractivity contribution in [2.24, 2.45) is 0 Å². The average Bonchev–Trinajstić information content (AvgIpc) is 2.12. The minimum Gasteiger partial charge on any atom is -0.508 e. The maximum atomic E-state index is 11.7. The number of phenols is 1. The van der Waals surface area contributed by atoms with Gasteiger partial charge in [0, 0.05) is 25.7 Å². The van der Waals surface area contributed by atoms with E-state index in [0.717, 1.165) is 6.26 Å². The van der Waals surface area contributed by atoms with Crippen LogP contribution in [0.25, 0.3) is 0 Å². The van der Waals surface area contributed by atoms with Gasteiger partial charge in [-0.1, -0.05) is 0 Å². The lowest BCUT2D eigenvalue weighted by Gasteiger charge is -2.12. The van der Waals surface area contributed by atoms with Gasteiger partial charge in [-0.2, -0.15) is 0 Å². The summed E-state index contributed by atoms with van der Waals surface area (Å²) >= 11 is 0. The first kappa shape index (κ1) is 13.3. The fourth-order valence-corrected chi connectivity index (χ4v) is 1.81. The van der Waals surface area contributed by atoms with E-state index in [1.165, 1.54) is 23.1 Å². The first-order valence-electron chi connectivity index (χ1n) is 4.72. The molecule has 7 heteroatoms. The number of hydrogen-bond acceptors (Lipinski definition) is 4. The quantitative estimate of drug-likeness (QED) is 0.825. The van der Waals surface area contributed by atoms with E-state index in [4.69, 9.17) is 0 Å². The van der Waals surface area contributed by atoms with Gasteiger partial charge in [0.25, 0.3) is 5.91 Å². The van der Waals surface area contributed by atoms with Crippen molar-refractivity contribution in [1.82, 2.24) is 4.90 Å². The second-order valence-corrected chi connectivity index (χ2v) is 5.59. The van der Waals surface area contributed by atoms with Gasteiger partial charge in [-0.15, -0.1) is 0 Å². The summed E-state index contributed by atoms with van der Waals surface area (Å²) in [4.78, 5) is 13.0. The van der Waals surface area contributed by atoms with E-state index in [9.17, 15) is 18.3 Å². The summed E-state index contributed by atoms with van der Waals surface area (Å²) in [6.45, 7) is 0. The first-order valence-corrected chi connectivity index (χ1v) is 6.61. The average molecular weight is 258 g/mol. The molecule has 0 saturated carbocycles. The van der Waals surface area contributed by atoms with Gasteiger partial charge in [-0.05, 0) is 12.1 Å². The molecule has 17 heavy (non-hydrogen) atoms. The third kappa shape index (κ3) is 3.95. The summed E-state index contributed by atoms with van der Waals surface area (Å²) in [5, 5.41) is 9.42. The van der Waals surface area contributed by atoms with Crippen LogP contribution in [0.15, 0.2) is 18.2 Å². The standard InChI is InChI=1S/C10H14N2O4S/c1-12(2)10(14)7-4-8(6-9(13)5-7)11-17(3,15)16/h4-6,11,13H,1-3H3. The van der Waals surface area contributed by atoms with E-state index in [-0.39, 0.29) is 22.9 Å². The van der Waals surface area contributed by atoms with Crippen molar-refractivity contribution in [3.63, 3.8) is 0 Å². The number of nitrogens with zero attached hydrogens (tertiary/aromatic N) is 1. The summed E-state index contributed by atoms with van der Waals surface area (Å²) in [6, 6.07) is 3.87. The highest BCUT2D eigenvalue weighted by atomic mass is 32.2. The molecule has 1 aromatic carbocycles. The van der Waals surface area contributed by atoms with Crippen LogP contribution in [-0.4, -0.2) is 44.7 Å². The highest BCUT2D eigenvalue weighted by Crippen LogP contribution is 2.21. The molecular formula is C10H14N2O4S. The molecule has 1 aromatic rings. The molecule has 0 heterocycles. The van der Waals surface area contributed by atoms with Crippen LogP contribution in [0.4, 0.5) is 5.69 Å². The predicted molar refractivity (Wildman–Crippen MR) is 64.6 cm³/mol. The molecule has 1 rings (SSSR count). The lowest BCUT2D eigenvalue weighted by Crippen LogP contribution is -2.21. The van der Waals surface area contributed by atoms with Crippen molar-refractivity contribution in [2.45, 2.75) is 0 Å². The Bertz CT molecular complexity index is 537. The number of carbonyl (C=O) groups is 1. The van der Waals surface area contributed by atoms with E-state index in [0.29, 0.717) is 0 Å². The number of nitrogens with one attached hydrogen (secondary N) is 1. The SMILES string of the molecule is CN(C)C(=O)c1cc(O)cc(NS(C)(=O)=O)c1. The largest absolute Gasteiger partial charge is 0.508 e. The number of sulfonamides is 1. The van der Waals surface area contributed by atoms with Crippen LogP contribution in [-0.2, 0) is 10.0 Å². The van der Waals surface area contributed by atoms with E-state index >= 15 is 0 Å². The second kappa shape index (κ2) is 4.62. The van der Waals surface area contributed by atoms with Crippen molar-refractivity contribution in [3.05, 3.63) is 23.8 Å². The summed E-state index contributed by atoms with van der Waals surface area (Å²) in [7, 11) is -0.312. The molecule has 0 aliphatic carbocycles. The Hall–Kier alpha value is -1.76. The number of carbonyl (C=O) groups excluding carboxylic acids is 1. The first-order chi connectivity index (χ1) is 7.69. The van der Waals surface area contributed by atoms with Gasteiger partial charge in [0.15, 0.2) is 0 Å². The molecule has 0 aliphatic rings. The number of hydrogen-bond donors (Lipinski definition) is 2. The highest BCUT2D eigenvalue weighted by Gasteiger charge is 2.12. The number of amides is 1. The van der Waals surface area contributed by atoms with Gasteiger partial charge in [0.05, 0.1) is 11.9 Å². The molecule has 6 nitrogen and oxygen atoms in total. The fourth-order valence-electron chi connectivity index (χ4n) is 1.27. The molecule has 0 unspecified atom stereocenters. The minimum absolute atomic E-state index is 0.151. The third-order valence-corrected chi connectivity index (χ3v) is 2.48. The van der Waals surface area contributed by atoms with E-state index in [2.05, 4.69) is 4.72 Å². The van der Waals surface area contributed by atoms with E-state index < -0.39 is 10.0 Å². The zero-order valence-electron chi connectivity index (χ0n) is 9.76. The molecule has 0 aromatic heterocycles. The molecule has 0 saturated heterocycles. The lowest BCUT2D eigenvalue weighted by atomic mass is 10.1. The Morgan fingerprint density at radius 3 is 2.35 bits per heavy atom. The molecule has 0 atom stereocenters. The normalized spacial score (nSPS) is 11.0. The van der Waals surface area contributed by atoms with Crippen LogP contribution in [0.5, 0.6) is 5.75 Å². The topological polar surface area (TPSA) is 86.7 Å². The number of aromatic hydroxyl groups is 1. The molecule has 0 bridgehead atoms. The smallest absolute Gasteiger partial charge is 0.253 e. The van der Waals surface area contributed by atoms with Crippen molar-refractivity contribution in [1.29, 1.82) is 0 Å². The Morgan fingerprint density at radius 2 is 1.88 bits per heavy atom. The Labute approximate surface area is 99.9 Å². The zero-order chi connectivity index (χ0) is 13.2. The van der Waals surface area contributed by atoms with Gasteiger partial charge < -0.3 is 10.0 Å². The molecule has 1 amide bonds. The van der Waals surface area contributed by atoms with Crippen LogP contribution in [0.3, 0.4) is 0 Å². The number of rotatable bonds is 3. The molecular weight excluding hydrogens is 244 g/mol. The van der Waals surface area contributed by atoms with Crippen molar-refractivity contribution in [2.75, 3.05) is 25.1 Å². The van der Waals surface area contributed by atoms with E-state index in [1.54, 1.807) is 14.1 Å². The summed E-state index contributed by atoms with van der Waals surface area (Å²) in [6.07, 6.45) is 0.991. The molecule has 0 aliphatic heterocycles. The molecule has 0 spiro atoms. The zero-order valence-corrected chi connectivity index (χ0v) is 10.6. The predicted octanol–water partition coefficient (Wildman–Crippen LogP) is 0.466. The van der Waals surface area contributed by atoms with Crippen LogP contribution in [0.2, 0.25) is 0 Å². The van der Waals surface area contributed by atoms with Gasteiger partial charge in [-0.25, -0.2) is 8.42 Å². The van der Waals surface area contributed by atoms with Crippen molar-refractivity contribution >= 4 is 21.6 Å². The van der Waals surface area contributed by atoms with Gasteiger partial charge in [-0.3, -0.25) is 9.52 Å². The maximum Gasteiger partial charge on any atom is 0.253 e. The summed E-state index contributed by atoms with van der Waals surface area (Å²) in [5.41, 5.74) is 0.360. The van der Waals surface area contributed by atoms with Gasteiger partial charge in [0.2, 0.25) is 10.0 Å². The molecule has 2 N–H and O–H groups in total. The second-order valence-electron chi connectivity index (χ2n) is 3.84. The summed E-state index contributed by atoms with van der Waals surface area (Å²) < 4.78 is 24.3. The third-order valence-electron chi connectivity index (χ3n) is 1.87. The van der Waals surface area contributed by atoms with Crippen LogP contribution < -0.4 is 4.72 Å². The van der Waals surface area contributed by atoms with Gasteiger partial charge >= 0.3 is 0 Å². The number of anilines is 1. The molecule has 0 radical (unpaired) electrons. The minimum atomic E-state index is -3.44. The number of benzene rings is 1. The summed E-state index contributed by atoms with van der Waals surface area (Å²) in [5.74, 6) is -0.499. The highest BCUT2D eigenvalue weighted by molar-refractivity contribution is 7.92.